The lowest BCUT2D eigenvalue weighted by atomic mass is 10.1. The van der Waals surface area contributed by atoms with Crippen molar-refractivity contribution in [1.29, 1.82) is 0 Å². The Kier molecular flexibility index (Phi) is 2.95. The Labute approximate surface area is 117 Å². The van der Waals surface area contributed by atoms with Crippen molar-refractivity contribution in [2.45, 2.75) is 13.8 Å². The molecule has 0 spiro atoms. The number of nitrogens with zero attached hydrogens (tertiary/aromatic N) is 4. The fourth-order valence-corrected chi connectivity index (χ4v) is 2.16. The summed E-state index contributed by atoms with van der Waals surface area (Å²) >= 11 is 0. The Morgan fingerprint density at radius 1 is 1.00 bits per heavy atom. The number of aryl methyl sites for hydroxylation is 1. The predicted octanol–water partition coefficient (Wildman–Crippen LogP) is 2.53. The van der Waals surface area contributed by atoms with Gasteiger partial charge in [0.05, 0.1) is 23.3 Å². The molecule has 100 valence electrons. The van der Waals surface area contributed by atoms with E-state index in [1.807, 2.05) is 54.9 Å². The number of nitrogens with two attached hydrogens (primary N) is 1. The molecule has 2 heterocycles. The summed E-state index contributed by atoms with van der Waals surface area (Å²) in [7, 11) is 0. The summed E-state index contributed by atoms with van der Waals surface area (Å²) in [6.07, 6.45) is 1.76. The number of nitrogen functional groups attached to an aromatic ring is 1. The van der Waals surface area contributed by atoms with Crippen molar-refractivity contribution in [3.05, 3.63) is 54.0 Å². The SMILES string of the molecule is Cc1nc(N)c(C)c(-c2ccnn2-c2ccccc2)n1. The lowest BCUT2D eigenvalue weighted by molar-refractivity contribution is 0.879. The zero-order valence-corrected chi connectivity index (χ0v) is 11.4. The van der Waals surface area contributed by atoms with Gasteiger partial charge in [-0.3, -0.25) is 0 Å². The minimum Gasteiger partial charge on any atom is -0.383 e. The zero-order valence-electron chi connectivity index (χ0n) is 11.4. The second-order valence-electron chi connectivity index (χ2n) is 4.59. The van der Waals surface area contributed by atoms with E-state index in [-0.39, 0.29) is 0 Å². The summed E-state index contributed by atoms with van der Waals surface area (Å²) in [6, 6.07) is 11.9. The molecule has 2 aromatic heterocycles. The normalized spacial score (nSPS) is 10.7. The minimum absolute atomic E-state index is 0.508. The van der Waals surface area contributed by atoms with E-state index in [1.165, 1.54) is 0 Å². The molecule has 0 saturated carbocycles. The van der Waals surface area contributed by atoms with Crippen LogP contribution in [0.3, 0.4) is 0 Å². The van der Waals surface area contributed by atoms with Crippen molar-refractivity contribution in [3.63, 3.8) is 0 Å². The third-order valence-corrected chi connectivity index (χ3v) is 3.18. The maximum absolute atomic E-state index is 5.94. The molecule has 5 nitrogen and oxygen atoms in total. The van der Waals surface area contributed by atoms with Crippen LogP contribution in [0, 0.1) is 13.8 Å². The first kappa shape index (κ1) is 12.3. The van der Waals surface area contributed by atoms with Crippen molar-refractivity contribution >= 4 is 5.82 Å². The van der Waals surface area contributed by atoms with Crippen molar-refractivity contribution in [3.8, 4) is 17.1 Å². The third-order valence-electron chi connectivity index (χ3n) is 3.18. The van der Waals surface area contributed by atoms with Crippen molar-refractivity contribution < 1.29 is 0 Å². The van der Waals surface area contributed by atoms with Gasteiger partial charge in [-0.2, -0.15) is 5.10 Å². The van der Waals surface area contributed by atoms with Gasteiger partial charge in [0.15, 0.2) is 0 Å². The first-order valence-corrected chi connectivity index (χ1v) is 6.37. The van der Waals surface area contributed by atoms with Crippen molar-refractivity contribution in [2.75, 3.05) is 5.73 Å². The fourth-order valence-electron chi connectivity index (χ4n) is 2.16. The summed E-state index contributed by atoms with van der Waals surface area (Å²) in [5.41, 5.74) is 9.52. The van der Waals surface area contributed by atoms with Crippen LogP contribution >= 0.6 is 0 Å². The Morgan fingerprint density at radius 2 is 1.75 bits per heavy atom. The summed E-state index contributed by atoms with van der Waals surface area (Å²) in [4.78, 5) is 8.69. The van der Waals surface area contributed by atoms with Crippen LogP contribution < -0.4 is 5.73 Å². The Morgan fingerprint density at radius 3 is 2.50 bits per heavy atom. The van der Waals surface area contributed by atoms with Crippen LogP contribution in [0.4, 0.5) is 5.82 Å². The highest BCUT2D eigenvalue weighted by Crippen LogP contribution is 2.26. The molecule has 0 amide bonds. The van der Waals surface area contributed by atoms with Crippen LogP contribution in [-0.4, -0.2) is 19.7 Å². The molecule has 1 aromatic carbocycles. The van der Waals surface area contributed by atoms with Gasteiger partial charge in [0.25, 0.3) is 0 Å². The summed E-state index contributed by atoms with van der Waals surface area (Å²) in [5.74, 6) is 1.16. The highest BCUT2D eigenvalue weighted by atomic mass is 15.3. The minimum atomic E-state index is 0.508. The molecule has 0 aliphatic carbocycles. The number of benzene rings is 1. The monoisotopic (exact) mass is 265 g/mol. The smallest absolute Gasteiger partial charge is 0.130 e. The molecule has 3 rings (SSSR count). The first-order valence-electron chi connectivity index (χ1n) is 6.37. The van der Waals surface area contributed by atoms with Crippen LogP contribution in [0.2, 0.25) is 0 Å². The molecule has 0 bridgehead atoms. The molecular weight excluding hydrogens is 250 g/mol. The van der Waals surface area contributed by atoms with Crippen LogP contribution in [0.1, 0.15) is 11.4 Å². The predicted molar refractivity (Wildman–Crippen MR) is 78.5 cm³/mol. The molecule has 0 unspecified atom stereocenters. The van der Waals surface area contributed by atoms with Gasteiger partial charge in [0.2, 0.25) is 0 Å². The van der Waals surface area contributed by atoms with Crippen LogP contribution in [0.25, 0.3) is 17.1 Å². The number of aromatic nitrogens is 4. The average Bonchev–Trinajstić information content (AvgIpc) is 2.93. The van der Waals surface area contributed by atoms with E-state index in [0.717, 1.165) is 22.6 Å². The Bertz CT molecular complexity index is 746. The lowest BCUT2D eigenvalue weighted by Crippen LogP contribution is -2.05. The molecule has 0 aliphatic rings. The topological polar surface area (TPSA) is 69.6 Å². The number of rotatable bonds is 2. The van der Waals surface area contributed by atoms with Crippen LogP contribution in [0.5, 0.6) is 0 Å². The highest BCUT2D eigenvalue weighted by Gasteiger charge is 2.14. The van der Waals surface area contributed by atoms with Gasteiger partial charge in [-0.05, 0) is 32.0 Å². The Balaban J connectivity index is 2.21. The van der Waals surface area contributed by atoms with Gasteiger partial charge in [-0.1, -0.05) is 18.2 Å². The Hall–Kier alpha value is -2.69. The largest absolute Gasteiger partial charge is 0.383 e. The van der Waals surface area contributed by atoms with E-state index >= 15 is 0 Å². The lowest BCUT2D eigenvalue weighted by Gasteiger charge is -2.11. The van der Waals surface area contributed by atoms with Gasteiger partial charge < -0.3 is 5.73 Å². The first-order chi connectivity index (χ1) is 9.66. The van der Waals surface area contributed by atoms with E-state index < -0.39 is 0 Å². The molecule has 0 fully saturated rings. The quantitative estimate of drug-likeness (QED) is 0.773. The maximum atomic E-state index is 5.94. The third kappa shape index (κ3) is 2.03. The number of anilines is 1. The molecule has 0 radical (unpaired) electrons. The van der Waals surface area contributed by atoms with E-state index in [0.29, 0.717) is 11.6 Å². The van der Waals surface area contributed by atoms with Crippen LogP contribution in [-0.2, 0) is 0 Å². The zero-order chi connectivity index (χ0) is 14.1. The van der Waals surface area contributed by atoms with Gasteiger partial charge in [-0.25, -0.2) is 14.6 Å². The van der Waals surface area contributed by atoms with Gasteiger partial charge >= 0.3 is 0 Å². The van der Waals surface area contributed by atoms with Gasteiger partial charge in [0, 0.05) is 5.56 Å². The molecule has 2 N–H and O–H groups in total. The van der Waals surface area contributed by atoms with Gasteiger partial charge in [-0.15, -0.1) is 0 Å². The van der Waals surface area contributed by atoms with E-state index in [2.05, 4.69) is 15.1 Å². The molecule has 0 aliphatic heterocycles. The molecular formula is C15H15N5. The fraction of sp³-hybridized carbons (Fsp3) is 0.133. The van der Waals surface area contributed by atoms with E-state index in [1.54, 1.807) is 6.20 Å². The van der Waals surface area contributed by atoms with Crippen molar-refractivity contribution in [2.24, 2.45) is 0 Å². The summed E-state index contributed by atoms with van der Waals surface area (Å²) < 4.78 is 1.86. The summed E-state index contributed by atoms with van der Waals surface area (Å²) in [6.45, 7) is 3.76. The molecule has 3 aromatic rings. The molecule has 5 heteroatoms. The standard InChI is InChI=1S/C15H15N5/c1-10-14(18-11(2)19-15(10)16)13-8-9-17-20(13)12-6-4-3-5-7-12/h3-9H,1-2H3,(H2,16,18,19). The van der Waals surface area contributed by atoms with Gasteiger partial charge in [0.1, 0.15) is 11.6 Å². The van der Waals surface area contributed by atoms with E-state index in [9.17, 15) is 0 Å². The average molecular weight is 265 g/mol. The number of para-hydroxylation sites is 1. The molecule has 20 heavy (non-hydrogen) atoms. The van der Waals surface area contributed by atoms with E-state index in [4.69, 9.17) is 5.73 Å². The maximum Gasteiger partial charge on any atom is 0.130 e. The second kappa shape index (κ2) is 4.77. The highest BCUT2D eigenvalue weighted by molar-refractivity contribution is 5.65. The number of hydrogen-bond donors (Lipinski definition) is 1. The van der Waals surface area contributed by atoms with Crippen LogP contribution in [0.15, 0.2) is 42.6 Å². The summed E-state index contributed by atoms with van der Waals surface area (Å²) in [5, 5.41) is 4.38. The molecule has 0 atom stereocenters. The molecule has 0 saturated heterocycles. The second-order valence-corrected chi connectivity index (χ2v) is 4.59. The number of hydrogen-bond acceptors (Lipinski definition) is 4. The van der Waals surface area contributed by atoms with Crippen molar-refractivity contribution in [1.82, 2.24) is 19.7 Å².